The number of ether oxygens (including phenoxy) is 1. The van der Waals surface area contributed by atoms with Gasteiger partial charge in [0.15, 0.2) is 0 Å². The Kier molecular flexibility index (Phi) is 6.60. The Labute approximate surface area is 165 Å². The highest BCUT2D eigenvalue weighted by Gasteiger charge is 2.15. The summed E-state index contributed by atoms with van der Waals surface area (Å²) in [6.45, 7) is 3.47. The molecule has 0 radical (unpaired) electrons. The van der Waals surface area contributed by atoms with E-state index in [2.05, 4.69) is 46.4 Å². The first-order valence-corrected chi connectivity index (χ1v) is 9.31. The van der Waals surface area contributed by atoms with Crippen LogP contribution in [0.4, 0.5) is 0 Å². The molecule has 1 atom stereocenters. The molecule has 1 aromatic heterocycles. The number of benzene rings is 2. The van der Waals surface area contributed by atoms with Gasteiger partial charge in [-0.1, -0.05) is 48.0 Å². The van der Waals surface area contributed by atoms with E-state index >= 15 is 0 Å². The standard InChI is InChI=1S/C21H23ClN2O.ClH/c22-20-9-3-1-6-16(20)14-24-15-17(19-8-2-4-10-21(19)24)12-23-13-18-7-5-11-25-18;/h1-4,6,8-10,15,18,23H,5,7,11-14H2;1H. The van der Waals surface area contributed by atoms with Gasteiger partial charge in [0.05, 0.1) is 6.10 Å². The van der Waals surface area contributed by atoms with Crippen LogP contribution >= 0.6 is 24.0 Å². The van der Waals surface area contributed by atoms with E-state index in [1.807, 2.05) is 18.2 Å². The predicted molar refractivity (Wildman–Crippen MR) is 110 cm³/mol. The van der Waals surface area contributed by atoms with Crippen LogP contribution in [-0.2, 0) is 17.8 Å². The molecular weight excluding hydrogens is 367 g/mol. The molecule has 0 saturated carbocycles. The van der Waals surface area contributed by atoms with Crippen molar-refractivity contribution < 1.29 is 4.74 Å². The van der Waals surface area contributed by atoms with Gasteiger partial charge in [-0.25, -0.2) is 0 Å². The molecule has 5 heteroatoms. The molecule has 138 valence electrons. The van der Waals surface area contributed by atoms with Crippen molar-refractivity contribution in [2.45, 2.75) is 32.0 Å². The van der Waals surface area contributed by atoms with Gasteiger partial charge in [0, 0.05) is 48.4 Å². The van der Waals surface area contributed by atoms with Crippen molar-refractivity contribution in [1.29, 1.82) is 0 Å². The van der Waals surface area contributed by atoms with E-state index in [0.717, 1.165) is 36.8 Å². The summed E-state index contributed by atoms with van der Waals surface area (Å²) in [5.74, 6) is 0. The summed E-state index contributed by atoms with van der Waals surface area (Å²) >= 11 is 6.35. The molecule has 26 heavy (non-hydrogen) atoms. The Balaban J connectivity index is 0.00000196. The third-order valence-electron chi connectivity index (χ3n) is 4.88. The van der Waals surface area contributed by atoms with Crippen molar-refractivity contribution in [2.24, 2.45) is 0 Å². The van der Waals surface area contributed by atoms with Crippen LogP contribution in [0.15, 0.2) is 54.7 Å². The van der Waals surface area contributed by atoms with E-state index < -0.39 is 0 Å². The number of rotatable bonds is 6. The van der Waals surface area contributed by atoms with E-state index in [1.165, 1.54) is 29.3 Å². The molecule has 1 N–H and O–H groups in total. The van der Waals surface area contributed by atoms with Gasteiger partial charge in [0.25, 0.3) is 0 Å². The molecule has 1 unspecified atom stereocenters. The molecule has 1 fully saturated rings. The van der Waals surface area contributed by atoms with Gasteiger partial charge in [-0.2, -0.15) is 0 Å². The molecule has 1 aliphatic heterocycles. The Hall–Kier alpha value is -1.52. The smallest absolute Gasteiger partial charge is 0.0700 e. The highest BCUT2D eigenvalue weighted by Crippen LogP contribution is 2.24. The van der Waals surface area contributed by atoms with Gasteiger partial charge in [0.2, 0.25) is 0 Å². The average Bonchev–Trinajstić information content (AvgIpc) is 3.26. The average molecular weight is 391 g/mol. The molecular formula is C21H24Cl2N2O. The lowest BCUT2D eigenvalue weighted by Gasteiger charge is -2.10. The molecule has 0 spiro atoms. The van der Waals surface area contributed by atoms with Crippen LogP contribution in [0.2, 0.25) is 5.02 Å². The summed E-state index contributed by atoms with van der Waals surface area (Å²) in [5.41, 5.74) is 3.71. The van der Waals surface area contributed by atoms with Crippen LogP contribution in [0.3, 0.4) is 0 Å². The Bertz CT molecular complexity index is 856. The van der Waals surface area contributed by atoms with Gasteiger partial charge in [-0.05, 0) is 36.1 Å². The first-order chi connectivity index (χ1) is 12.3. The van der Waals surface area contributed by atoms with E-state index in [1.54, 1.807) is 0 Å². The number of aromatic nitrogens is 1. The predicted octanol–water partition coefficient (Wildman–Crippen LogP) is 5.03. The number of nitrogens with one attached hydrogen (secondary N) is 1. The number of hydrogen-bond acceptors (Lipinski definition) is 2. The Morgan fingerprint density at radius 1 is 1.08 bits per heavy atom. The molecule has 3 aromatic rings. The fraction of sp³-hybridized carbons (Fsp3) is 0.333. The summed E-state index contributed by atoms with van der Waals surface area (Å²) in [6, 6.07) is 16.6. The first kappa shape index (κ1) is 19.2. The van der Waals surface area contributed by atoms with Gasteiger partial charge >= 0.3 is 0 Å². The second kappa shape index (κ2) is 8.92. The highest BCUT2D eigenvalue weighted by molar-refractivity contribution is 6.31. The molecule has 0 aliphatic carbocycles. The van der Waals surface area contributed by atoms with Gasteiger partial charge in [-0.3, -0.25) is 0 Å². The van der Waals surface area contributed by atoms with Gasteiger partial charge < -0.3 is 14.6 Å². The van der Waals surface area contributed by atoms with Crippen LogP contribution in [-0.4, -0.2) is 23.8 Å². The molecule has 0 amide bonds. The van der Waals surface area contributed by atoms with E-state index in [-0.39, 0.29) is 12.4 Å². The van der Waals surface area contributed by atoms with E-state index in [4.69, 9.17) is 16.3 Å². The lowest BCUT2D eigenvalue weighted by molar-refractivity contribution is 0.110. The van der Waals surface area contributed by atoms with Crippen LogP contribution in [0, 0.1) is 0 Å². The zero-order valence-corrected chi connectivity index (χ0v) is 16.2. The monoisotopic (exact) mass is 390 g/mol. The van der Waals surface area contributed by atoms with Crippen molar-refractivity contribution in [2.75, 3.05) is 13.2 Å². The lowest BCUT2D eigenvalue weighted by Crippen LogP contribution is -2.25. The fourth-order valence-corrected chi connectivity index (χ4v) is 3.77. The maximum Gasteiger partial charge on any atom is 0.0700 e. The zero-order chi connectivity index (χ0) is 17.1. The van der Waals surface area contributed by atoms with Crippen molar-refractivity contribution in [3.05, 3.63) is 70.9 Å². The highest BCUT2D eigenvalue weighted by atomic mass is 35.5. The number of fused-ring (bicyclic) bond motifs is 1. The molecule has 3 nitrogen and oxygen atoms in total. The molecule has 2 aromatic carbocycles. The summed E-state index contributed by atoms with van der Waals surface area (Å²) in [4.78, 5) is 0. The topological polar surface area (TPSA) is 26.2 Å². The SMILES string of the molecule is Cl.Clc1ccccc1Cn1cc(CNCC2CCCO2)c2ccccc21. The van der Waals surface area contributed by atoms with Crippen LogP contribution < -0.4 is 5.32 Å². The van der Waals surface area contributed by atoms with E-state index in [0.29, 0.717) is 6.10 Å². The number of nitrogens with zero attached hydrogens (tertiary/aromatic N) is 1. The largest absolute Gasteiger partial charge is 0.377 e. The summed E-state index contributed by atoms with van der Waals surface area (Å²) < 4.78 is 7.98. The molecule has 1 aliphatic rings. The normalized spacial score (nSPS) is 16.7. The lowest BCUT2D eigenvalue weighted by atomic mass is 10.1. The van der Waals surface area contributed by atoms with E-state index in [9.17, 15) is 0 Å². The molecule has 0 bridgehead atoms. The van der Waals surface area contributed by atoms with Crippen molar-refractivity contribution in [3.63, 3.8) is 0 Å². The number of hydrogen-bond donors (Lipinski definition) is 1. The minimum atomic E-state index is 0. The maximum atomic E-state index is 6.35. The fourth-order valence-electron chi connectivity index (χ4n) is 3.58. The minimum absolute atomic E-state index is 0. The van der Waals surface area contributed by atoms with Gasteiger partial charge in [-0.15, -0.1) is 12.4 Å². The third-order valence-corrected chi connectivity index (χ3v) is 5.25. The van der Waals surface area contributed by atoms with Crippen LogP contribution in [0.5, 0.6) is 0 Å². The van der Waals surface area contributed by atoms with Crippen LogP contribution in [0.1, 0.15) is 24.0 Å². The zero-order valence-electron chi connectivity index (χ0n) is 14.7. The summed E-state index contributed by atoms with van der Waals surface area (Å²) in [6.07, 6.45) is 4.97. The third kappa shape index (κ3) is 4.24. The van der Waals surface area contributed by atoms with Crippen molar-refractivity contribution in [1.82, 2.24) is 9.88 Å². The summed E-state index contributed by atoms with van der Waals surface area (Å²) in [5, 5.41) is 5.68. The Morgan fingerprint density at radius 2 is 1.88 bits per heavy atom. The minimum Gasteiger partial charge on any atom is -0.377 e. The quantitative estimate of drug-likeness (QED) is 0.638. The Morgan fingerprint density at radius 3 is 2.69 bits per heavy atom. The second-order valence-electron chi connectivity index (χ2n) is 6.66. The van der Waals surface area contributed by atoms with Crippen LogP contribution in [0.25, 0.3) is 10.9 Å². The molecule has 1 saturated heterocycles. The summed E-state index contributed by atoms with van der Waals surface area (Å²) in [7, 11) is 0. The van der Waals surface area contributed by atoms with Gasteiger partial charge in [0.1, 0.15) is 0 Å². The molecule has 4 rings (SSSR count). The first-order valence-electron chi connectivity index (χ1n) is 8.94. The number of para-hydroxylation sites is 1. The maximum absolute atomic E-state index is 6.35. The number of halogens is 2. The van der Waals surface area contributed by atoms with Crippen molar-refractivity contribution in [3.8, 4) is 0 Å². The second-order valence-corrected chi connectivity index (χ2v) is 7.06. The molecule has 2 heterocycles. The van der Waals surface area contributed by atoms with Crippen molar-refractivity contribution >= 4 is 34.9 Å².